The van der Waals surface area contributed by atoms with Crippen LogP contribution in [0.3, 0.4) is 0 Å². The van der Waals surface area contributed by atoms with Gasteiger partial charge in [0.05, 0.1) is 18.8 Å². The van der Waals surface area contributed by atoms with Crippen LogP contribution in [0.15, 0.2) is 36.4 Å². The first-order chi connectivity index (χ1) is 15.1. The number of ether oxygens (including phenoxy) is 3. The number of carbonyl (C=O) groups excluding carboxylic acids is 1. The summed E-state index contributed by atoms with van der Waals surface area (Å²) in [4.78, 5) is 14.9. The quantitative estimate of drug-likeness (QED) is 0.624. The Labute approximate surface area is 181 Å². The predicted octanol–water partition coefficient (Wildman–Crippen LogP) is 3.31. The van der Waals surface area contributed by atoms with Gasteiger partial charge in [-0.05, 0) is 30.2 Å². The lowest BCUT2D eigenvalue weighted by molar-refractivity contribution is -0.110. The number of fused-ring (bicyclic) bond motifs is 2. The maximum Gasteiger partial charge on any atom is 0.260 e. The Morgan fingerprint density at radius 2 is 1.81 bits per heavy atom. The zero-order valence-electron chi connectivity index (χ0n) is 17.9. The molecule has 1 amide bonds. The smallest absolute Gasteiger partial charge is 0.260 e. The van der Waals surface area contributed by atoms with Crippen LogP contribution in [0.1, 0.15) is 22.3 Å². The number of methoxy groups -OCH3 is 2. The van der Waals surface area contributed by atoms with Crippen molar-refractivity contribution in [1.82, 2.24) is 4.90 Å². The van der Waals surface area contributed by atoms with Crippen LogP contribution in [0, 0.1) is 5.82 Å². The summed E-state index contributed by atoms with van der Waals surface area (Å²) in [5.74, 6) is -0.127. The number of nitrogens with zero attached hydrogens (tertiary/aromatic N) is 1. The molecule has 1 N–H and O–H groups in total. The van der Waals surface area contributed by atoms with E-state index in [1.165, 1.54) is 17.7 Å². The number of anilines is 1. The number of amides is 1. The molecule has 0 aromatic heterocycles. The molecule has 7 heteroatoms. The summed E-state index contributed by atoms with van der Waals surface area (Å²) in [6.45, 7) is 4.38. The monoisotopic (exact) mass is 426 g/mol. The minimum atomic E-state index is -0.381. The van der Waals surface area contributed by atoms with E-state index in [0.29, 0.717) is 42.4 Å². The highest BCUT2D eigenvalue weighted by Gasteiger charge is 2.32. The van der Waals surface area contributed by atoms with Crippen molar-refractivity contribution >= 4 is 22.9 Å². The molecular formula is C24H27FN2O4. The lowest BCUT2D eigenvalue weighted by atomic mass is 9.98. The van der Waals surface area contributed by atoms with E-state index < -0.39 is 0 Å². The Kier molecular flexibility index (Phi) is 6.65. The van der Waals surface area contributed by atoms with Crippen LogP contribution in [0.2, 0.25) is 0 Å². The van der Waals surface area contributed by atoms with Gasteiger partial charge in [0.1, 0.15) is 18.2 Å². The molecule has 2 heterocycles. The molecule has 164 valence electrons. The molecular weight excluding hydrogens is 399 g/mol. The summed E-state index contributed by atoms with van der Waals surface area (Å²) in [6.07, 6.45) is 0.890. The van der Waals surface area contributed by atoms with Gasteiger partial charge < -0.3 is 19.5 Å². The number of rotatable bonds is 9. The molecule has 2 aromatic carbocycles. The van der Waals surface area contributed by atoms with Gasteiger partial charge in [-0.2, -0.15) is 0 Å². The second-order valence-corrected chi connectivity index (χ2v) is 7.71. The maximum absolute atomic E-state index is 13.8. The number of nitrogens with one attached hydrogen (secondary N) is 1. The Hall–Kier alpha value is -2.74. The number of carbonyl (C=O) groups is 1. The van der Waals surface area contributed by atoms with Crippen LogP contribution >= 0.6 is 0 Å². The molecule has 31 heavy (non-hydrogen) atoms. The van der Waals surface area contributed by atoms with Crippen LogP contribution in [0.4, 0.5) is 10.1 Å². The van der Waals surface area contributed by atoms with Crippen molar-refractivity contribution in [3.63, 3.8) is 0 Å². The maximum atomic E-state index is 13.8. The van der Waals surface area contributed by atoms with E-state index in [-0.39, 0.29) is 11.7 Å². The van der Waals surface area contributed by atoms with E-state index in [9.17, 15) is 9.18 Å². The van der Waals surface area contributed by atoms with Crippen molar-refractivity contribution in [2.45, 2.75) is 13.0 Å². The summed E-state index contributed by atoms with van der Waals surface area (Å²) in [7, 11) is 3.41. The first kappa shape index (κ1) is 21.5. The fourth-order valence-electron chi connectivity index (χ4n) is 4.01. The van der Waals surface area contributed by atoms with E-state index in [0.717, 1.165) is 37.2 Å². The highest BCUT2D eigenvalue weighted by molar-refractivity contribution is 6.36. The topological polar surface area (TPSA) is 60.0 Å². The third-order valence-corrected chi connectivity index (χ3v) is 5.68. The zero-order chi connectivity index (χ0) is 21.8. The lowest BCUT2D eigenvalue weighted by Gasteiger charge is -2.21. The van der Waals surface area contributed by atoms with E-state index in [2.05, 4.69) is 22.3 Å². The summed E-state index contributed by atoms with van der Waals surface area (Å²) < 4.78 is 30.1. The molecule has 2 aliphatic rings. The van der Waals surface area contributed by atoms with Gasteiger partial charge in [-0.3, -0.25) is 9.69 Å². The van der Waals surface area contributed by atoms with Gasteiger partial charge >= 0.3 is 0 Å². The van der Waals surface area contributed by atoms with E-state index in [1.54, 1.807) is 20.3 Å². The summed E-state index contributed by atoms with van der Waals surface area (Å²) >= 11 is 0. The lowest BCUT2D eigenvalue weighted by Crippen LogP contribution is -2.32. The Balaban J connectivity index is 1.53. The molecule has 0 unspecified atom stereocenters. The Morgan fingerprint density at radius 3 is 2.55 bits per heavy atom. The number of hydrogen-bond donors (Lipinski definition) is 1. The minimum absolute atomic E-state index is 0.264. The molecule has 0 saturated carbocycles. The first-order valence-electron chi connectivity index (χ1n) is 10.4. The van der Waals surface area contributed by atoms with Gasteiger partial charge in [0.15, 0.2) is 0 Å². The van der Waals surface area contributed by atoms with Crippen molar-refractivity contribution in [2.24, 2.45) is 0 Å². The van der Waals surface area contributed by atoms with E-state index in [1.807, 2.05) is 6.07 Å². The third-order valence-electron chi connectivity index (χ3n) is 5.68. The predicted molar refractivity (Wildman–Crippen MR) is 117 cm³/mol. The van der Waals surface area contributed by atoms with E-state index >= 15 is 0 Å². The highest BCUT2D eigenvalue weighted by atomic mass is 19.1. The van der Waals surface area contributed by atoms with Crippen LogP contribution < -0.4 is 5.32 Å². The van der Waals surface area contributed by atoms with Crippen molar-refractivity contribution in [3.05, 3.63) is 64.5 Å². The molecule has 2 aromatic rings. The molecule has 0 fully saturated rings. The molecule has 0 spiro atoms. The fourth-order valence-corrected chi connectivity index (χ4v) is 4.01. The molecule has 6 nitrogen and oxygen atoms in total. The summed E-state index contributed by atoms with van der Waals surface area (Å²) in [6, 6.07) is 10.5. The zero-order valence-corrected chi connectivity index (χ0v) is 17.9. The average Bonchev–Trinajstić information content (AvgIpc) is 3.32. The summed E-state index contributed by atoms with van der Waals surface area (Å²) in [5, 5.41) is 2.79. The van der Waals surface area contributed by atoms with Gasteiger partial charge in [-0.1, -0.05) is 18.2 Å². The number of benzene rings is 2. The molecule has 0 radical (unpaired) electrons. The van der Waals surface area contributed by atoms with Crippen molar-refractivity contribution in [2.75, 3.05) is 52.4 Å². The Morgan fingerprint density at radius 1 is 1.03 bits per heavy atom. The largest absolute Gasteiger partial charge is 0.487 e. The van der Waals surface area contributed by atoms with Gasteiger partial charge in [0.2, 0.25) is 0 Å². The van der Waals surface area contributed by atoms with Gasteiger partial charge in [-0.15, -0.1) is 0 Å². The second-order valence-electron chi connectivity index (χ2n) is 7.71. The fraction of sp³-hybridized carbons (Fsp3) is 0.375. The summed E-state index contributed by atoms with van der Waals surface area (Å²) in [5.41, 5.74) is 4.68. The van der Waals surface area contributed by atoms with Gasteiger partial charge in [-0.25, -0.2) is 4.39 Å². The standard InChI is InChI=1S/C24H27FN2O4/c1-29-11-9-27(10-12-30-2)8-7-16-3-5-19-17(13-16)15-31-23(19)22-20-14-18(25)4-6-21(20)26-24(22)28/h3-6,13-14H,7-12,15H2,1-2H3,(H,26,28). The molecule has 2 aliphatic heterocycles. The molecule has 0 saturated heterocycles. The average molecular weight is 426 g/mol. The molecule has 0 atom stereocenters. The second kappa shape index (κ2) is 9.60. The molecule has 0 bridgehead atoms. The van der Waals surface area contributed by atoms with Crippen molar-refractivity contribution in [3.8, 4) is 0 Å². The number of halogens is 1. The van der Waals surface area contributed by atoms with Crippen molar-refractivity contribution in [1.29, 1.82) is 0 Å². The Bertz CT molecular complexity index is 997. The van der Waals surface area contributed by atoms with Crippen LogP contribution in [-0.2, 0) is 32.0 Å². The first-order valence-corrected chi connectivity index (χ1v) is 10.4. The van der Waals surface area contributed by atoms with Gasteiger partial charge in [0, 0.05) is 56.2 Å². The van der Waals surface area contributed by atoms with Crippen molar-refractivity contribution < 1.29 is 23.4 Å². The minimum Gasteiger partial charge on any atom is -0.487 e. The normalized spacial score (nSPS) is 17.0. The van der Waals surface area contributed by atoms with Crippen LogP contribution in [0.5, 0.6) is 0 Å². The molecule has 4 rings (SSSR count). The van der Waals surface area contributed by atoms with E-state index in [4.69, 9.17) is 14.2 Å². The van der Waals surface area contributed by atoms with Gasteiger partial charge in [0.25, 0.3) is 5.91 Å². The SMILES string of the molecule is COCCN(CCOC)CCc1ccc2c(c1)COC2=C1C(=O)Nc2ccc(F)cc21. The highest BCUT2D eigenvalue weighted by Crippen LogP contribution is 2.41. The van der Waals surface area contributed by atoms with Crippen LogP contribution in [-0.4, -0.2) is 57.9 Å². The number of hydrogen-bond acceptors (Lipinski definition) is 5. The molecule has 0 aliphatic carbocycles. The van der Waals surface area contributed by atoms with Crippen LogP contribution in [0.25, 0.3) is 11.3 Å². The third kappa shape index (κ3) is 4.63.